The summed E-state index contributed by atoms with van der Waals surface area (Å²) in [5.74, 6) is -2.29. The summed E-state index contributed by atoms with van der Waals surface area (Å²) in [5, 5.41) is -0.631. The number of aromatic nitrogens is 1. The van der Waals surface area contributed by atoms with Crippen molar-refractivity contribution >= 4 is 38.5 Å². The molecule has 1 aromatic heterocycles. The van der Waals surface area contributed by atoms with Crippen molar-refractivity contribution in [1.82, 2.24) is 4.57 Å². The number of carbonyl (C=O) groups excluding carboxylic acids is 1. The highest BCUT2D eigenvalue weighted by Crippen LogP contribution is 2.35. The molecule has 0 radical (unpaired) electrons. The van der Waals surface area contributed by atoms with Crippen LogP contribution >= 0.6 is 11.6 Å². The van der Waals surface area contributed by atoms with Crippen LogP contribution in [0, 0.1) is 0 Å². The Bertz CT molecular complexity index is 1320. The highest BCUT2D eigenvalue weighted by atomic mass is 35.5. The number of methoxy groups -OCH3 is 1. The molecule has 0 N–H and O–H groups in total. The van der Waals surface area contributed by atoms with E-state index >= 15 is 0 Å². The van der Waals surface area contributed by atoms with Crippen molar-refractivity contribution in [3.8, 4) is 5.75 Å². The van der Waals surface area contributed by atoms with Gasteiger partial charge in [-0.2, -0.15) is 21.6 Å². The zero-order valence-electron chi connectivity index (χ0n) is 15.6. The molecular formula is C19H13ClF3NO6S. The maximum absolute atomic E-state index is 13.1. The number of fused-ring (bicyclic) bond motifs is 1. The van der Waals surface area contributed by atoms with Gasteiger partial charge in [0.1, 0.15) is 0 Å². The average molecular weight is 476 g/mol. The zero-order chi connectivity index (χ0) is 23.0. The van der Waals surface area contributed by atoms with Crippen LogP contribution < -0.4 is 9.74 Å². The Morgan fingerprint density at radius 1 is 1.10 bits per heavy atom. The van der Waals surface area contributed by atoms with E-state index in [9.17, 15) is 31.2 Å². The summed E-state index contributed by atoms with van der Waals surface area (Å²) >= 11 is 5.89. The minimum Gasteiger partial charge on any atom is -0.464 e. The summed E-state index contributed by atoms with van der Waals surface area (Å²) in [6.07, 6.45) is 0. The van der Waals surface area contributed by atoms with E-state index in [2.05, 4.69) is 8.92 Å². The zero-order valence-corrected chi connectivity index (χ0v) is 17.2. The predicted octanol–water partition coefficient (Wildman–Crippen LogP) is 3.72. The van der Waals surface area contributed by atoms with Crippen molar-refractivity contribution in [2.24, 2.45) is 0 Å². The summed E-state index contributed by atoms with van der Waals surface area (Å²) in [6.45, 7) is -0.273. The molecule has 3 aromatic rings. The summed E-state index contributed by atoms with van der Waals surface area (Å²) in [4.78, 5) is 25.6. The highest BCUT2D eigenvalue weighted by molar-refractivity contribution is 7.88. The Morgan fingerprint density at radius 2 is 1.74 bits per heavy atom. The molecule has 0 saturated heterocycles. The number of hydrogen-bond acceptors (Lipinski definition) is 6. The number of esters is 1. The van der Waals surface area contributed by atoms with Crippen LogP contribution in [0.3, 0.4) is 0 Å². The SMILES string of the molecule is COC(=O)c1c(OS(=O)(=O)C(F)(F)F)c2cc(Cl)ccc2c(=O)n1Cc1ccccc1. The molecule has 2 aromatic carbocycles. The van der Waals surface area contributed by atoms with Gasteiger partial charge >= 0.3 is 21.6 Å². The molecule has 0 amide bonds. The first-order chi connectivity index (χ1) is 14.5. The third-order valence-electron chi connectivity index (χ3n) is 4.23. The fourth-order valence-corrected chi connectivity index (χ4v) is 3.50. The number of pyridine rings is 1. The second-order valence-electron chi connectivity index (χ2n) is 6.22. The van der Waals surface area contributed by atoms with E-state index < -0.39 is 44.0 Å². The smallest absolute Gasteiger partial charge is 0.464 e. The minimum atomic E-state index is -6.19. The number of ether oxygens (including phenoxy) is 1. The van der Waals surface area contributed by atoms with E-state index in [4.69, 9.17) is 11.6 Å². The Kier molecular flexibility index (Phi) is 6.01. The molecule has 1 heterocycles. The number of halogens is 4. The number of alkyl halides is 3. The van der Waals surface area contributed by atoms with Gasteiger partial charge in [-0.25, -0.2) is 4.79 Å². The Balaban J connectivity index is 2.43. The van der Waals surface area contributed by atoms with Crippen LogP contribution in [0.15, 0.2) is 53.3 Å². The molecule has 0 unspecified atom stereocenters. The van der Waals surface area contributed by atoms with Gasteiger partial charge in [0.15, 0.2) is 11.4 Å². The van der Waals surface area contributed by atoms with Crippen LogP contribution in [-0.4, -0.2) is 31.6 Å². The van der Waals surface area contributed by atoms with Crippen molar-refractivity contribution < 1.29 is 35.3 Å². The molecule has 0 aliphatic heterocycles. The van der Waals surface area contributed by atoms with Crippen LogP contribution in [0.4, 0.5) is 13.2 Å². The van der Waals surface area contributed by atoms with Gasteiger partial charge in [0.05, 0.1) is 19.0 Å². The summed E-state index contributed by atoms with van der Waals surface area (Å²) in [7, 11) is -5.27. The minimum absolute atomic E-state index is 0.0298. The van der Waals surface area contributed by atoms with E-state index in [0.29, 0.717) is 5.56 Å². The Labute approximate surface area is 178 Å². The lowest BCUT2D eigenvalue weighted by atomic mass is 10.1. The summed E-state index contributed by atoms with van der Waals surface area (Å²) < 4.78 is 72.3. The topological polar surface area (TPSA) is 91.7 Å². The summed E-state index contributed by atoms with van der Waals surface area (Å²) in [5.41, 5.74) is -6.87. The molecule has 0 bridgehead atoms. The van der Waals surface area contributed by atoms with E-state index in [0.717, 1.165) is 17.7 Å². The second kappa shape index (κ2) is 8.23. The lowest BCUT2D eigenvalue weighted by Crippen LogP contribution is -2.32. The first-order valence-corrected chi connectivity index (χ1v) is 10.2. The molecule has 3 rings (SSSR count). The van der Waals surface area contributed by atoms with Crippen molar-refractivity contribution in [3.05, 3.63) is 75.2 Å². The molecule has 0 spiro atoms. The van der Waals surface area contributed by atoms with E-state index in [1.807, 2.05) is 0 Å². The van der Waals surface area contributed by atoms with Crippen molar-refractivity contribution in [3.63, 3.8) is 0 Å². The van der Waals surface area contributed by atoms with Gasteiger partial charge in [0.2, 0.25) is 0 Å². The van der Waals surface area contributed by atoms with Gasteiger partial charge < -0.3 is 8.92 Å². The van der Waals surface area contributed by atoms with Crippen LogP contribution in [0.1, 0.15) is 16.1 Å². The highest BCUT2D eigenvalue weighted by Gasteiger charge is 2.49. The molecule has 0 atom stereocenters. The monoisotopic (exact) mass is 475 g/mol. The predicted molar refractivity (Wildman–Crippen MR) is 106 cm³/mol. The molecule has 0 aliphatic rings. The number of hydrogen-bond donors (Lipinski definition) is 0. The van der Waals surface area contributed by atoms with Gasteiger partial charge in [-0.15, -0.1) is 0 Å². The molecule has 0 fully saturated rings. The number of rotatable bonds is 5. The summed E-state index contributed by atoms with van der Waals surface area (Å²) in [6, 6.07) is 11.7. The van der Waals surface area contributed by atoms with Crippen LogP contribution in [0.25, 0.3) is 10.8 Å². The molecule has 12 heteroatoms. The van der Waals surface area contributed by atoms with Crippen molar-refractivity contribution in [2.45, 2.75) is 12.1 Å². The van der Waals surface area contributed by atoms with Crippen molar-refractivity contribution in [1.29, 1.82) is 0 Å². The maximum Gasteiger partial charge on any atom is 0.534 e. The first-order valence-electron chi connectivity index (χ1n) is 8.45. The van der Waals surface area contributed by atoms with Crippen LogP contribution in [-0.2, 0) is 21.4 Å². The third-order valence-corrected chi connectivity index (χ3v) is 5.41. The van der Waals surface area contributed by atoms with E-state index in [1.165, 1.54) is 12.1 Å². The third kappa shape index (κ3) is 4.37. The second-order valence-corrected chi connectivity index (χ2v) is 8.19. The molecule has 164 valence electrons. The van der Waals surface area contributed by atoms with E-state index in [1.54, 1.807) is 30.3 Å². The normalized spacial score (nSPS) is 12.0. The quantitative estimate of drug-likeness (QED) is 0.317. The van der Waals surface area contributed by atoms with Gasteiger partial charge in [-0.1, -0.05) is 41.9 Å². The lowest BCUT2D eigenvalue weighted by Gasteiger charge is -2.19. The fraction of sp³-hybridized carbons (Fsp3) is 0.158. The largest absolute Gasteiger partial charge is 0.534 e. The van der Waals surface area contributed by atoms with Gasteiger partial charge in [0.25, 0.3) is 5.56 Å². The van der Waals surface area contributed by atoms with Crippen LogP contribution in [0.2, 0.25) is 5.02 Å². The lowest BCUT2D eigenvalue weighted by molar-refractivity contribution is -0.0500. The fourth-order valence-electron chi connectivity index (χ4n) is 2.85. The van der Waals surface area contributed by atoms with Gasteiger partial charge in [-0.05, 0) is 23.8 Å². The molecule has 31 heavy (non-hydrogen) atoms. The maximum atomic E-state index is 13.1. The van der Waals surface area contributed by atoms with Crippen LogP contribution in [0.5, 0.6) is 5.75 Å². The van der Waals surface area contributed by atoms with Gasteiger partial charge in [0, 0.05) is 10.4 Å². The number of carbonyl (C=O) groups is 1. The van der Waals surface area contributed by atoms with Crippen molar-refractivity contribution in [2.75, 3.05) is 7.11 Å². The standard InChI is InChI=1S/C19H13ClF3NO6S/c1-29-18(26)15-16(30-31(27,28)19(21,22)23)14-9-12(20)7-8-13(14)17(25)24(15)10-11-5-3-2-4-6-11/h2-9H,10H2,1H3. The Morgan fingerprint density at radius 3 is 2.32 bits per heavy atom. The molecule has 7 nitrogen and oxygen atoms in total. The molecule has 0 aliphatic carbocycles. The number of benzene rings is 2. The average Bonchev–Trinajstić information content (AvgIpc) is 2.70. The first kappa shape index (κ1) is 22.6. The Hall–Kier alpha value is -3.05. The molecule has 0 saturated carbocycles. The van der Waals surface area contributed by atoms with Gasteiger partial charge in [-0.3, -0.25) is 9.36 Å². The van der Waals surface area contributed by atoms with E-state index in [-0.39, 0.29) is 17.0 Å². The molecular weight excluding hydrogens is 463 g/mol. The number of nitrogens with zero attached hydrogens (tertiary/aromatic N) is 1.